The Morgan fingerprint density at radius 2 is 2.26 bits per heavy atom. The number of aromatic nitrogens is 1. The molecule has 0 unspecified atom stereocenters. The van der Waals surface area contributed by atoms with Gasteiger partial charge in [-0.05, 0) is 34.8 Å². The zero-order valence-corrected chi connectivity index (χ0v) is 13.0. The first-order chi connectivity index (χ1) is 9.25. The van der Waals surface area contributed by atoms with Gasteiger partial charge in [0.15, 0.2) is 0 Å². The molecule has 1 N–H and O–H groups in total. The lowest BCUT2D eigenvalue weighted by Crippen LogP contribution is -2.27. The molecule has 19 heavy (non-hydrogen) atoms. The average Bonchev–Trinajstić information content (AvgIpc) is 2.44. The van der Waals surface area contributed by atoms with Crippen LogP contribution in [0.1, 0.15) is 23.2 Å². The van der Waals surface area contributed by atoms with E-state index >= 15 is 0 Å². The zero-order chi connectivity index (χ0) is 13.5. The first kappa shape index (κ1) is 14.8. The number of amides is 1. The van der Waals surface area contributed by atoms with Crippen molar-refractivity contribution < 1.29 is 9.53 Å². The molecule has 1 saturated heterocycles. The number of nitrogens with zero attached hydrogens (tertiary/aromatic N) is 1. The Morgan fingerprint density at radius 3 is 3.00 bits per heavy atom. The first-order valence-corrected chi connectivity index (χ1v) is 8.18. The smallest absolute Gasteiger partial charge is 0.252 e. The molecule has 2 rings (SSSR count). The second-order valence-corrected chi connectivity index (χ2v) is 6.65. The molecule has 4 nitrogen and oxygen atoms in total. The van der Waals surface area contributed by atoms with Crippen LogP contribution in [-0.4, -0.2) is 41.7 Å². The number of carbonyl (C=O) groups is 1. The standard InChI is InChI=1S/C13H17BrN2O2S/c14-11-7-10(8-15-9-11)13(17)16-3-6-19-12-1-4-18-5-2-12/h7-9,12H,1-6H2,(H,16,17). The Balaban J connectivity index is 1.66. The molecule has 1 aromatic heterocycles. The Hall–Kier alpha value is -0.590. The van der Waals surface area contributed by atoms with Crippen molar-refractivity contribution in [1.82, 2.24) is 10.3 Å². The van der Waals surface area contributed by atoms with Gasteiger partial charge >= 0.3 is 0 Å². The second-order valence-electron chi connectivity index (χ2n) is 4.33. The minimum atomic E-state index is -0.0682. The lowest BCUT2D eigenvalue weighted by atomic mass is 10.2. The largest absolute Gasteiger partial charge is 0.381 e. The topological polar surface area (TPSA) is 51.2 Å². The van der Waals surface area contributed by atoms with Gasteiger partial charge in [-0.25, -0.2) is 0 Å². The maximum atomic E-state index is 11.8. The zero-order valence-electron chi connectivity index (χ0n) is 10.6. The van der Waals surface area contributed by atoms with Gasteiger partial charge in [0, 0.05) is 47.6 Å². The molecular formula is C13H17BrN2O2S. The molecule has 0 radical (unpaired) electrons. The van der Waals surface area contributed by atoms with Crippen LogP contribution >= 0.6 is 27.7 Å². The average molecular weight is 345 g/mol. The third-order valence-corrected chi connectivity index (χ3v) is 4.69. The maximum absolute atomic E-state index is 11.8. The molecule has 1 fully saturated rings. The van der Waals surface area contributed by atoms with Crippen molar-refractivity contribution in [2.24, 2.45) is 0 Å². The molecule has 0 saturated carbocycles. The molecule has 0 aliphatic carbocycles. The van der Waals surface area contributed by atoms with Crippen molar-refractivity contribution in [2.75, 3.05) is 25.5 Å². The highest BCUT2D eigenvalue weighted by atomic mass is 79.9. The molecule has 1 aliphatic heterocycles. The van der Waals surface area contributed by atoms with Crippen LogP contribution < -0.4 is 5.32 Å². The number of carbonyl (C=O) groups excluding carboxylic acids is 1. The summed E-state index contributed by atoms with van der Waals surface area (Å²) < 4.78 is 6.14. The van der Waals surface area contributed by atoms with E-state index in [1.165, 1.54) is 0 Å². The summed E-state index contributed by atoms with van der Waals surface area (Å²) in [6, 6.07) is 1.77. The van der Waals surface area contributed by atoms with Gasteiger partial charge in [-0.2, -0.15) is 11.8 Å². The van der Waals surface area contributed by atoms with Gasteiger partial charge in [0.1, 0.15) is 0 Å². The third-order valence-electron chi connectivity index (χ3n) is 2.88. The van der Waals surface area contributed by atoms with Crippen LogP contribution in [0.4, 0.5) is 0 Å². The summed E-state index contributed by atoms with van der Waals surface area (Å²) in [6.45, 7) is 2.43. The second kappa shape index (κ2) is 7.87. The van der Waals surface area contributed by atoms with Crippen molar-refractivity contribution in [3.63, 3.8) is 0 Å². The number of nitrogens with one attached hydrogen (secondary N) is 1. The van der Waals surface area contributed by atoms with E-state index in [9.17, 15) is 4.79 Å². The van der Waals surface area contributed by atoms with Crippen LogP contribution in [-0.2, 0) is 4.74 Å². The fourth-order valence-electron chi connectivity index (χ4n) is 1.87. The van der Waals surface area contributed by atoms with Gasteiger partial charge in [0.2, 0.25) is 0 Å². The summed E-state index contributed by atoms with van der Waals surface area (Å²) in [5, 5.41) is 3.59. The monoisotopic (exact) mass is 344 g/mol. The van der Waals surface area contributed by atoms with E-state index in [1.54, 1.807) is 18.5 Å². The minimum Gasteiger partial charge on any atom is -0.381 e. The molecule has 1 amide bonds. The SMILES string of the molecule is O=C(NCCSC1CCOCC1)c1cncc(Br)c1. The number of halogens is 1. The number of hydrogen-bond donors (Lipinski definition) is 1. The molecular weight excluding hydrogens is 328 g/mol. The Kier molecular flexibility index (Phi) is 6.13. The van der Waals surface area contributed by atoms with Crippen LogP contribution in [0.2, 0.25) is 0 Å². The molecule has 1 aliphatic rings. The summed E-state index contributed by atoms with van der Waals surface area (Å²) >= 11 is 5.22. The number of hydrogen-bond acceptors (Lipinski definition) is 4. The summed E-state index contributed by atoms with van der Waals surface area (Å²) in [4.78, 5) is 15.8. The molecule has 0 bridgehead atoms. The fourth-order valence-corrected chi connectivity index (χ4v) is 3.31. The van der Waals surface area contributed by atoms with Gasteiger partial charge in [-0.3, -0.25) is 9.78 Å². The number of ether oxygens (including phenoxy) is 1. The minimum absolute atomic E-state index is 0.0682. The van der Waals surface area contributed by atoms with E-state index < -0.39 is 0 Å². The van der Waals surface area contributed by atoms with E-state index in [0.717, 1.165) is 36.3 Å². The van der Waals surface area contributed by atoms with Gasteiger partial charge < -0.3 is 10.1 Å². The number of thioether (sulfide) groups is 1. The Labute approximate surface area is 125 Å². The molecule has 0 atom stereocenters. The van der Waals surface area contributed by atoms with Crippen LogP contribution in [0.5, 0.6) is 0 Å². The normalized spacial score (nSPS) is 16.3. The van der Waals surface area contributed by atoms with Gasteiger partial charge in [-0.15, -0.1) is 0 Å². The van der Waals surface area contributed by atoms with Gasteiger partial charge in [0.05, 0.1) is 5.56 Å². The summed E-state index contributed by atoms with van der Waals surface area (Å²) in [6.07, 6.45) is 5.48. The van der Waals surface area contributed by atoms with Crippen molar-refractivity contribution in [1.29, 1.82) is 0 Å². The first-order valence-electron chi connectivity index (χ1n) is 6.34. The van der Waals surface area contributed by atoms with E-state index in [1.807, 2.05) is 11.8 Å². The van der Waals surface area contributed by atoms with Crippen molar-refractivity contribution in [2.45, 2.75) is 18.1 Å². The Morgan fingerprint density at radius 1 is 1.47 bits per heavy atom. The van der Waals surface area contributed by atoms with E-state index in [0.29, 0.717) is 17.4 Å². The molecule has 0 aromatic carbocycles. The highest BCUT2D eigenvalue weighted by molar-refractivity contribution is 9.10. The van der Waals surface area contributed by atoms with Crippen molar-refractivity contribution in [3.05, 3.63) is 28.5 Å². The number of rotatable bonds is 5. The maximum Gasteiger partial charge on any atom is 0.252 e. The predicted octanol–water partition coefficient (Wildman–Crippen LogP) is 2.49. The summed E-state index contributed by atoms with van der Waals surface area (Å²) in [5.41, 5.74) is 0.588. The van der Waals surface area contributed by atoms with Crippen LogP contribution in [0.25, 0.3) is 0 Å². The van der Waals surface area contributed by atoms with Crippen molar-refractivity contribution >= 4 is 33.6 Å². The van der Waals surface area contributed by atoms with E-state index in [-0.39, 0.29) is 5.91 Å². The predicted molar refractivity (Wildman–Crippen MR) is 80.6 cm³/mol. The molecule has 104 valence electrons. The molecule has 0 spiro atoms. The van der Waals surface area contributed by atoms with Crippen LogP contribution in [0.15, 0.2) is 22.9 Å². The summed E-state index contributed by atoms with van der Waals surface area (Å²) in [7, 11) is 0. The molecule has 2 heterocycles. The Bertz CT molecular complexity index is 425. The van der Waals surface area contributed by atoms with Crippen LogP contribution in [0, 0.1) is 0 Å². The van der Waals surface area contributed by atoms with E-state index in [2.05, 4.69) is 26.2 Å². The molecule has 6 heteroatoms. The van der Waals surface area contributed by atoms with E-state index in [4.69, 9.17) is 4.74 Å². The lowest BCUT2D eigenvalue weighted by Gasteiger charge is -2.21. The fraction of sp³-hybridized carbons (Fsp3) is 0.538. The van der Waals surface area contributed by atoms with Gasteiger partial charge in [0.25, 0.3) is 5.91 Å². The highest BCUT2D eigenvalue weighted by Gasteiger charge is 2.13. The summed E-state index contributed by atoms with van der Waals surface area (Å²) in [5.74, 6) is 0.874. The number of pyridine rings is 1. The quantitative estimate of drug-likeness (QED) is 0.833. The van der Waals surface area contributed by atoms with Gasteiger partial charge in [-0.1, -0.05) is 0 Å². The lowest BCUT2D eigenvalue weighted by molar-refractivity contribution is 0.0954. The van der Waals surface area contributed by atoms with Crippen LogP contribution in [0.3, 0.4) is 0 Å². The third kappa shape index (κ3) is 5.12. The van der Waals surface area contributed by atoms with Crippen molar-refractivity contribution in [3.8, 4) is 0 Å². The molecule has 1 aromatic rings. The highest BCUT2D eigenvalue weighted by Crippen LogP contribution is 2.21.